The third-order valence-electron chi connectivity index (χ3n) is 3.21. The summed E-state index contributed by atoms with van der Waals surface area (Å²) < 4.78 is 2.14. The van der Waals surface area contributed by atoms with E-state index in [4.69, 9.17) is 0 Å². The molecule has 1 aliphatic heterocycles. The van der Waals surface area contributed by atoms with Gasteiger partial charge in [0.05, 0.1) is 6.04 Å². The van der Waals surface area contributed by atoms with E-state index in [9.17, 15) is 0 Å². The van der Waals surface area contributed by atoms with Crippen LogP contribution in [0.25, 0.3) is 0 Å². The monoisotopic (exact) mass is 248 g/mol. The van der Waals surface area contributed by atoms with Gasteiger partial charge in [0.25, 0.3) is 0 Å². The molecule has 17 heavy (non-hydrogen) atoms. The Morgan fingerprint density at radius 1 is 1.53 bits per heavy atom. The van der Waals surface area contributed by atoms with Gasteiger partial charge in [-0.3, -0.25) is 0 Å². The molecule has 0 amide bonds. The maximum absolute atomic E-state index is 4.29. The molecule has 5 heteroatoms. The van der Waals surface area contributed by atoms with Gasteiger partial charge in [-0.1, -0.05) is 0 Å². The van der Waals surface area contributed by atoms with Crippen LogP contribution in [0.1, 0.15) is 42.2 Å². The van der Waals surface area contributed by atoms with E-state index in [1.165, 1.54) is 10.4 Å². The molecule has 2 aromatic rings. The molecule has 3 heterocycles. The fourth-order valence-electron chi connectivity index (χ4n) is 2.34. The number of aromatic nitrogens is 3. The summed E-state index contributed by atoms with van der Waals surface area (Å²) in [5.41, 5.74) is 1.37. The minimum absolute atomic E-state index is 0.204. The SMILES string of the molecule is CC(C)n1cnnc1C1NCCc2sccc21. The van der Waals surface area contributed by atoms with Crippen molar-refractivity contribution in [3.8, 4) is 0 Å². The lowest BCUT2D eigenvalue weighted by Crippen LogP contribution is -2.31. The Morgan fingerprint density at radius 2 is 2.41 bits per heavy atom. The smallest absolute Gasteiger partial charge is 0.154 e. The lowest BCUT2D eigenvalue weighted by molar-refractivity contribution is 0.490. The van der Waals surface area contributed by atoms with E-state index in [0.717, 1.165) is 18.8 Å². The van der Waals surface area contributed by atoms with Gasteiger partial charge in [-0.2, -0.15) is 0 Å². The van der Waals surface area contributed by atoms with Crippen LogP contribution in [-0.4, -0.2) is 21.3 Å². The lowest BCUT2D eigenvalue weighted by Gasteiger charge is -2.24. The van der Waals surface area contributed by atoms with Gasteiger partial charge in [0.15, 0.2) is 5.82 Å². The first-order valence-electron chi connectivity index (χ1n) is 5.96. The predicted octanol–water partition coefficient (Wildman–Crippen LogP) is 2.16. The molecule has 1 aliphatic rings. The highest BCUT2D eigenvalue weighted by Gasteiger charge is 2.26. The van der Waals surface area contributed by atoms with Crippen molar-refractivity contribution in [3.63, 3.8) is 0 Å². The quantitative estimate of drug-likeness (QED) is 0.885. The number of hydrogen-bond acceptors (Lipinski definition) is 4. The minimum atomic E-state index is 0.204. The first-order valence-corrected chi connectivity index (χ1v) is 6.84. The molecule has 0 saturated carbocycles. The molecule has 4 nitrogen and oxygen atoms in total. The van der Waals surface area contributed by atoms with Gasteiger partial charge in [-0.25, -0.2) is 0 Å². The number of nitrogens with one attached hydrogen (secondary N) is 1. The summed E-state index contributed by atoms with van der Waals surface area (Å²) in [6.45, 7) is 5.33. The molecule has 1 unspecified atom stereocenters. The van der Waals surface area contributed by atoms with Gasteiger partial charge in [-0.05, 0) is 37.3 Å². The van der Waals surface area contributed by atoms with Gasteiger partial charge in [0.1, 0.15) is 6.33 Å². The molecular formula is C12H16N4S. The Bertz CT molecular complexity index is 514. The van der Waals surface area contributed by atoms with Crippen molar-refractivity contribution in [2.24, 2.45) is 0 Å². The van der Waals surface area contributed by atoms with Crippen molar-refractivity contribution in [3.05, 3.63) is 34.0 Å². The molecule has 3 rings (SSSR count). The summed E-state index contributed by atoms with van der Waals surface area (Å²) in [7, 11) is 0. The highest BCUT2D eigenvalue weighted by atomic mass is 32.1. The van der Waals surface area contributed by atoms with Gasteiger partial charge >= 0.3 is 0 Å². The maximum Gasteiger partial charge on any atom is 0.154 e. The average molecular weight is 248 g/mol. The van der Waals surface area contributed by atoms with Gasteiger partial charge < -0.3 is 9.88 Å². The molecular weight excluding hydrogens is 232 g/mol. The molecule has 2 aromatic heterocycles. The number of thiophene rings is 1. The van der Waals surface area contributed by atoms with Crippen LogP contribution in [0.2, 0.25) is 0 Å². The van der Waals surface area contributed by atoms with E-state index < -0.39 is 0 Å². The fraction of sp³-hybridized carbons (Fsp3) is 0.500. The molecule has 0 fully saturated rings. The van der Waals surface area contributed by atoms with Crippen molar-refractivity contribution >= 4 is 11.3 Å². The van der Waals surface area contributed by atoms with E-state index >= 15 is 0 Å². The Labute approximate surface area is 105 Å². The highest BCUT2D eigenvalue weighted by molar-refractivity contribution is 7.10. The van der Waals surface area contributed by atoms with E-state index in [1.54, 1.807) is 0 Å². The largest absolute Gasteiger partial charge is 0.313 e. The normalized spacial score (nSPS) is 19.6. The molecule has 0 saturated heterocycles. The maximum atomic E-state index is 4.29. The van der Waals surface area contributed by atoms with Crippen LogP contribution < -0.4 is 5.32 Å². The molecule has 1 N–H and O–H groups in total. The summed E-state index contributed by atoms with van der Waals surface area (Å²) in [4.78, 5) is 1.48. The van der Waals surface area contributed by atoms with Crippen LogP contribution in [0.5, 0.6) is 0 Å². The van der Waals surface area contributed by atoms with Crippen molar-refractivity contribution in [1.82, 2.24) is 20.1 Å². The minimum Gasteiger partial charge on any atom is -0.313 e. The fourth-order valence-corrected chi connectivity index (χ4v) is 3.26. The van der Waals surface area contributed by atoms with Crippen LogP contribution in [0.4, 0.5) is 0 Å². The zero-order chi connectivity index (χ0) is 11.8. The Kier molecular flexibility index (Phi) is 2.72. The van der Waals surface area contributed by atoms with Crippen LogP contribution in [0, 0.1) is 0 Å². The van der Waals surface area contributed by atoms with Gasteiger partial charge in [-0.15, -0.1) is 21.5 Å². The van der Waals surface area contributed by atoms with Crippen molar-refractivity contribution in [2.75, 3.05) is 6.54 Å². The molecule has 0 radical (unpaired) electrons. The molecule has 0 aromatic carbocycles. The Morgan fingerprint density at radius 3 is 3.24 bits per heavy atom. The van der Waals surface area contributed by atoms with E-state index in [0.29, 0.717) is 6.04 Å². The summed E-state index contributed by atoms with van der Waals surface area (Å²) in [5.74, 6) is 1.03. The third-order valence-corrected chi connectivity index (χ3v) is 4.20. The second kappa shape index (κ2) is 4.23. The van der Waals surface area contributed by atoms with Gasteiger partial charge in [0, 0.05) is 17.5 Å². The molecule has 0 spiro atoms. The van der Waals surface area contributed by atoms with Crippen molar-refractivity contribution in [2.45, 2.75) is 32.4 Å². The third kappa shape index (κ3) is 1.79. The zero-order valence-corrected chi connectivity index (χ0v) is 10.9. The van der Waals surface area contributed by atoms with E-state index in [-0.39, 0.29) is 6.04 Å². The number of nitrogens with zero attached hydrogens (tertiary/aromatic N) is 3. The molecule has 0 aliphatic carbocycles. The van der Waals surface area contributed by atoms with Crippen molar-refractivity contribution < 1.29 is 0 Å². The van der Waals surface area contributed by atoms with Crippen LogP contribution in [0.15, 0.2) is 17.8 Å². The number of rotatable bonds is 2. The van der Waals surface area contributed by atoms with Crippen LogP contribution >= 0.6 is 11.3 Å². The second-order valence-electron chi connectivity index (χ2n) is 4.63. The lowest BCUT2D eigenvalue weighted by atomic mass is 10.0. The molecule has 1 atom stereocenters. The summed E-state index contributed by atoms with van der Waals surface area (Å²) in [5, 5.41) is 14.1. The summed E-state index contributed by atoms with van der Waals surface area (Å²) in [6.07, 6.45) is 2.95. The highest BCUT2D eigenvalue weighted by Crippen LogP contribution is 2.31. The topological polar surface area (TPSA) is 42.7 Å². The van der Waals surface area contributed by atoms with E-state index in [1.807, 2.05) is 17.7 Å². The van der Waals surface area contributed by atoms with Crippen LogP contribution in [-0.2, 0) is 6.42 Å². The predicted molar refractivity (Wildman–Crippen MR) is 68.3 cm³/mol. The standard InChI is InChI=1S/C12H16N4S/c1-8(2)16-7-14-15-12(16)11-9-4-6-17-10(9)3-5-13-11/h4,6-8,11,13H,3,5H2,1-2H3. The van der Waals surface area contributed by atoms with Gasteiger partial charge in [0.2, 0.25) is 0 Å². The summed E-state index contributed by atoms with van der Waals surface area (Å²) in [6, 6.07) is 2.80. The first-order chi connectivity index (χ1) is 8.27. The molecule has 90 valence electrons. The molecule has 0 bridgehead atoms. The zero-order valence-electron chi connectivity index (χ0n) is 10.1. The number of fused-ring (bicyclic) bond motifs is 1. The average Bonchev–Trinajstić information content (AvgIpc) is 2.97. The first kappa shape index (κ1) is 10.9. The Hall–Kier alpha value is -1.20. The van der Waals surface area contributed by atoms with Crippen molar-refractivity contribution in [1.29, 1.82) is 0 Å². The summed E-state index contributed by atoms with van der Waals surface area (Å²) >= 11 is 1.84. The van der Waals surface area contributed by atoms with Crippen LogP contribution in [0.3, 0.4) is 0 Å². The second-order valence-corrected chi connectivity index (χ2v) is 5.63. The Balaban J connectivity index is 2.04. The van der Waals surface area contributed by atoms with E-state index in [2.05, 4.69) is 45.4 Å². The number of hydrogen-bond donors (Lipinski definition) is 1.